The smallest absolute Gasteiger partial charge is 0.241 e. The molecule has 5 N–H and O–H groups in total. The maximum Gasteiger partial charge on any atom is 0.241 e. The van der Waals surface area contributed by atoms with Crippen LogP contribution >= 0.6 is 0 Å². The van der Waals surface area contributed by atoms with Crippen LogP contribution < -0.4 is 11.1 Å². The molecule has 1 aliphatic carbocycles. The molecule has 0 aliphatic heterocycles. The van der Waals surface area contributed by atoms with Gasteiger partial charge in [-0.1, -0.05) is 13.8 Å². The van der Waals surface area contributed by atoms with E-state index in [-0.39, 0.29) is 25.2 Å². The molecule has 0 aromatic rings. The van der Waals surface area contributed by atoms with Gasteiger partial charge in [0.1, 0.15) is 5.54 Å². The van der Waals surface area contributed by atoms with Gasteiger partial charge in [-0.25, -0.2) is 0 Å². The second kappa shape index (κ2) is 5.36. The van der Waals surface area contributed by atoms with Gasteiger partial charge in [-0.15, -0.1) is 0 Å². The number of hydrogen-bond acceptors (Lipinski definition) is 5. The summed E-state index contributed by atoms with van der Waals surface area (Å²) in [4.78, 5) is 12.3. The molecule has 6 nitrogen and oxygen atoms in total. The molecule has 0 radical (unpaired) electrons. The van der Waals surface area contributed by atoms with Crippen LogP contribution in [0.15, 0.2) is 0 Å². The number of rotatable bonds is 6. The third-order valence-electron chi connectivity index (χ3n) is 4.35. The van der Waals surface area contributed by atoms with Crippen molar-refractivity contribution in [2.45, 2.75) is 51.3 Å². The normalized spacial score (nSPS) is 29.7. The summed E-state index contributed by atoms with van der Waals surface area (Å²) in [5, 5.41) is 21.1. The van der Waals surface area contributed by atoms with Gasteiger partial charge < -0.3 is 26.0 Å². The summed E-state index contributed by atoms with van der Waals surface area (Å²) >= 11 is 0. The lowest BCUT2D eigenvalue weighted by atomic mass is 9.54. The number of nitrogens with one attached hydrogen (secondary N) is 1. The lowest BCUT2D eigenvalue weighted by Crippen LogP contribution is -2.77. The number of carbonyl (C=O) groups excluding carboxylic acids is 1. The van der Waals surface area contributed by atoms with Crippen LogP contribution in [0.3, 0.4) is 0 Å². The fourth-order valence-corrected chi connectivity index (χ4v) is 2.34. The summed E-state index contributed by atoms with van der Waals surface area (Å²) in [6, 6.07) is 0. The maximum atomic E-state index is 12.3. The molecule has 19 heavy (non-hydrogen) atoms. The Hall–Kier alpha value is -0.690. The molecule has 1 rings (SSSR count). The van der Waals surface area contributed by atoms with Crippen molar-refractivity contribution in [3.05, 3.63) is 0 Å². The van der Waals surface area contributed by atoms with Crippen LogP contribution in [0.4, 0.5) is 0 Å². The fourth-order valence-electron chi connectivity index (χ4n) is 2.34. The predicted molar refractivity (Wildman–Crippen MR) is 71.4 cm³/mol. The summed E-state index contributed by atoms with van der Waals surface area (Å²) in [5.74, 6) is -0.362. The molecule has 0 heterocycles. The van der Waals surface area contributed by atoms with E-state index in [1.165, 1.54) is 0 Å². The van der Waals surface area contributed by atoms with Gasteiger partial charge in [0.25, 0.3) is 0 Å². The third kappa shape index (κ3) is 2.63. The van der Waals surface area contributed by atoms with Crippen molar-refractivity contribution in [1.82, 2.24) is 5.32 Å². The number of amides is 1. The van der Waals surface area contributed by atoms with Gasteiger partial charge in [0, 0.05) is 18.4 Å². The predicted octanol–water partition coefficient (Wildman–Crippen LogP) is -0.622. The molecule has 1 amide bonds. The zero-order valence-corrected chi connectivity index (χ0v) is 12.2. The van der Waals surface area contributed by atoms with Gasteiger partial charge in [0.05, 0.1) is 24.9 Å². The number of aliphatic hydroxyl groups excluding tert-OH is 2. The van der Waals surface area contributed by atoms with Gasteiger partial charge in [-0.05, 0) is 13.8 Å². The van der Waals surface area contributed by atoms with Crippen LogP contribution in [-0.4, -0.2) is 53.1 Å². The van der Waals surface area contributed by atoms with Crippen LogP contribution in [0.5, 0.6) is 0 Å². The van der Waals surface area contributed by atoms with E-state index in [2.05, 4.69) is 5.32 Å². The van der Waals surface area contributed by atoms with Crippen LogP contribution in [0.2, 0.25) is 0 Å². The highest BCUT2D eigenvalue weighted by Crippen LogP contribution is 2.49. The van der Waals surface area contributed by atoms with Crippen LogP contribution in [-0.2, 0) is 9.53 Å². The van der Waals surface area contributed by atoms with Crippen molar-refractivity contribution >= 4 is 5.91 Å². The first-order chi connectivity index (χ1) is 8.66. The quantitative estimate of drug-likeness (QED) is 0.516. The Morgan fingerprint density at radius 3 is 2.37 bits per heavy atom. The molecule has 1 fully saturated rings. The molecule has 0 spiro atoms. The van der Waals surface area contributed by atoms with Crippen molar-refractivity contribution < 1.29 is 19.7 Å². The Bertz CT molecular complexity index is 342. The van der Waals surface area contributed by atoms with Gasteiger partial charge in [0.2, 0.25) is 5.91 Å². The van der Waals surface area contributed by atoms with Gasteiger partial charge in [0.15, 0.2) is 0 Å². The van der Waals surface area contributed by atoms with Crippen molar-refractivity contribution in [2.24, 2.45) is 11.1 Å². The van der Waals surface area contributed by atoms with Gasteiger partial charge in [-0.3, -0.25) is 4.79 Å². The number of hydrogen-bond donors (Lipinski definition) is 4. The molecule has 1 aliphatic rings. The third-order valence-corrected chi connectivity index (χ3v) is 4.35. The van der Waals surface area contributed by atoms with E-state index in [0.29, 0.717) is 13.0 Å². The molecule has 6 heteroatoms. The molecule has 112 valence electrons. The SMILES string of the molecule is CCOC1CC(N)(C(=O)NC(C)(CO)CO)C1(C)C. The Morgan fingerprint density at radius 1 is 1.47 bits per heavy atom. The summed E-state index contributed by atoms with van der Waals surface area (Å²) < 4.78 is 5.56. The highest BCUT2D eigenvalue weighted by molar-refractivity contribution is 5.89. The van der Waals surface area contributed by atoms with Crippen LogP contribution in [0.1, 0.15) is 34.1 Å². The van der Waals surface area contributed by atoms with E-state index >= 15 is 0 Å². The molecule has 0 bridgehead atoms. The lowest BCUT2D eigenvalue weighted by molar-refractivity contribution is -0.172. The monoisotopic (exact) mass is 274 g/mol. The van der Waals surface area contributed by atoms with Crippen LogP contribution in [0, 0.1) is 5.41 Å². The first kappa shape index (κ1) is 16.4. The van der Waals surface area contributed by atoms with Crippen LogP contribution in [0.25, 0.3) is 0 Å². The summed E-state index contributed by atoms with van der Waals surface area (Å²) in [6.07, 6.45) is 0.384. The Labute approximate surface area is 114 Å². The Morgan fingerprint density at radius 2 is 2.00 bits per heavy atom. The minimum absolute atomic E-state index is 0.0530. The molecular formula is C13H26N2O4. The average Bonchev–Trinajstić information content (AvgIpc) is 2.37. The highest BCUT2D eigenvalue weighted by atomic mass is 16.5. The molecular weight excluding hydrogens is 248 g/mol. The fraction of sp³-hybridized carbons (Fsp3) is 0.923. The zero-order chi connectivity index (χ0) is 14.9. The number of nitrogens with two attached hydrogens (primary N) is 1. The lowest BCUT2D eigenvalue weighted by Gasteiger charge is -2.58. The van der Waals surface area contributed by atoms with Gasteiger partial charge in [-0.2, -0.15) is 0 Å². The van der Waals surface area contributed by atoms with E-state index < -0.39 is 16.5 Å². The summed E-state index contributed by atoms with van der Waals surface area (Å²) in [6.45, 7) is 7.15. The van der Waals surface area contributed by atoms with E-state index in [9.17, 15) is 15.0 Å². The van der Waals surface area contributed by atoms with E-state index in [4.69, 9.17) is 10.5 Å². The molecule has 0 aromatic carbocycles. The standard InChI is InChI=1S/C13H26N2O4/c1-5-19-9-6-13(14,11(9,2)3)10(18)15-12(4,7-16)8-17/h9,16-17H,5-8,14H2,1-4H3,(H,15,18). The topological polar surface area (TPSA) is 105 Å². The summed E-state index contributed by atoms with van der Waals surface area (Å²) in [5.41, 5.74) is 3.62. The molecule has 0 aromatic heterocycles. The second-order valence-electron chi connectivity index (χ2n) is 6.17. The largest absolute Gasteiger partial charge is 0.394 e. The number of ether oxygens (including phenoxy) is 1. The van der Waals surface area contributed by atoms with Crippen molar-refractivity contribution in [3.63, 3.8) is 0 Å². The average molecular weight is 274 g/mol. The molecule has 2 atom stereocenters. The first-order valence-electron chi connectivity index (χ1n) is 6.61. The zero-order valence-electron chi connectivity index (χ0n) is 12.2. The minimum atomic E-state index is -1.06. The second-order valence-corrected chi connectivity index (χ2v) is 6.17. The molecule has 2 unspecified atom stereocenters. The Balaban J connectivity index is 2.78. The van der Waals surface area contributed by atoms with Crippen molar-refractivity contribution in [1.29, 1.82) is 0 Å². The Kier molecular flexibility index (Phi) is 4.62. The maximum absolute atomic E-state index is 12.3. The molecule has 0 saturated heterocycles. The number of aliphatic hydroxyl groups is 2. The highest BCUT2D eigenvalue weighted by Gasteiger charge is 2.63. The number of carbonyl (C=O) groups is 1. The van der Waals surface area contributed by atoms with Crippen molar-refractivity contribution in [3.8, 4) is 0 Å². The van der Waals surface area contributed by atoms with Crippen molar-refractivity contribution in [2.75, 3.05) is 19.8 Å². The van der Waals surface area contributed by atoms with Gasteiger partial charge >= 0.3 is 0 Å². The van der Waals surface area contributed by atoms with E-state index in [1.807, 2.05) is 20.8 Å². The minimum Gasteiger partial charge on any atom is -0.394 e. The van der Waals surface area contributed by atoms with E-state index in [0.717, 1.165) is 0 Å². The molecule has 1 saturated carbocycles. The first-order valence-corrected chi connectivity index (χ1v) is 6.61. The summed E-state index contributed by atoms with van der Waals surface area (Å²) in [7, 11) is 0. The van der Waals surface area contributed by atoms with E-state index in [1.54, 1.807) is 6.92 Å².